The highest BCUT2D eigenvalue weighted by Gasteiger charge is 2.00. The van der Waals surface area contributed by atoms with Crippen molar-refractivity contribution < 1.29 is 9.26 Å². The molecule has 0 aliphatic heterocycles. The van der Waals surface area contributed by atoms with Gasteiger partial charge in [0.25, 0.3) is 5.56 Å². The fraction of sp³-hybridized carbons (Fsp3) is 0.250. The highest BCUT2D eigenvalue weighted by Crippen LogP contribution is 2.19. The van der Waals surface area contributed by atoms with E-state index in [0.29, 0.717) is 11.5 Å². The number of thioether (sulfide) groups is 1. The molecule has 0 radical (unpaired) electrons. The van der Waals surface area contributed by atoms with Crippen molar-refractivity contribution in [3.05, 3.63) is 52.0 Å². The summed E-state index contributed by atoms with van der Waals surface area (Å²) < 4.78 is 10.0. The SMILES string of the molecule is COc1ccc(CSCc2cc(=O)[nH]o2)cc1. The summed E-state index contributed by atoms with van der Waals surface area (Å²) in [6.07, 6.45) is 0. The van der Waals surface area contributed by atoms with Gasteiger partial charge in [0.1, 0.15) is 11.5 Å². The summed E-state index contributed by atoms with van der Waals surface area (Å²) in [5.74, 6) is 3.09. The van der Waals surface area contributed by atoms with Gasteiger partial charge < -0.3 is 9.26 Å². The first-order valence-electron chi connectivity index (χ1n) is 5.16. The molecule has 2 aromatic rings. The van der Waals surface area contributed by atoms with Crippen LogP contribution in [-0.4, -0.2) is 12.3 Å². The second-order valence-corrected chi connectivity index (χ2v) is 4.51. The lowest BCUT2D eigenvalue weighted by molar-refractivity contribution is 0.390. The van der Waals surface area contributed by atoms with Gasteiger partial charge in [-0.15, -0.1) is 11.8 Å². The smallest absolute Gasteiger partial charge is 0.280 e. The molecule has 0 fully saturated rings. The third kappa shape index (κ3) is 3.42. The van der Waals surface area contributed by atoms with Crippen LogP contribution in [0.3, 0.4) is 0 Å². The standard InChI is InChI=1S/C12H13NO3S/c1-15-10-4-2-9(3-5-10)7-17-8-11-6-12(14)13-16-11/h2-6H,7-8H2,1H3,(H,13,14). The summed E-state index contributed by atoms with van der Waals surface area (Å²) in [6, 6.07) is 9.40. The monoisotopic (exact) mass is 251 g/mol. The van der Waals surface area contributed by atoms with Gasteiger partial charge in [-0.1, -0.05) is 12.1 Å². The van der Waals surface area contributed by atoms with E-state index < -0.39 is 0 Å². The maximum absolute atomic E-state index is 10.8. The number of ether oxygens (including phenoxy) is 1. The number of nitrogens with one attached hydrogen (secondary N) is 1. The lowest BCUT2D eigenvalue weighted by Gasteiger charge is -2.02. The number of rotatable bonds is 5. The number of H-pyrrole nitrogens is 1. The van der Waals surface area contributed by atoms with Gasteiger partial charge in [0, 0.05) is 11.8 Å². The molecule has 0 aliphatic rings. The number of aromatic nitrogens is 1. The van der Waals surface area contributed by atoms with Crippen molar-refractivity contribution in [2.75, 3.05) is 7.11 Å². The fourth-order valence-electron chi connectivity index (χ4n) is 1.38. The highest BCUT2D eigenvalue weighted by molar-refractivity contribution is 7.97. The van der Waals surface area contributed by atoms with Gasteiger partial charge in [-0.2, -0.15) is 5.16 Å². The van der Waals surface area contributed by atoms with E-state index in [1.807, 2.05) is 24.3 Å². The van der Waals surface area contributed by atoms with E-state index in [0.717, 1.165) is 11.5 Å². The van der Waals surface area contributed by atoms with Gasteiger partial charge in [-0.3, -0.25) is 4.79 Å². The Kier molecular flexibility index (Phi) is 3.93. The molecule has 1 aromatic heterocycles. The van der Waals surface area contributed by atoms with Crippen molar-refractivity contribution in [1.82, 2.24) is 5.16 Å². The molecule has 90 valence electrons. The molecule has 0 amide bonds. The lowest BCUT2D eigenvalue weighted by Crippen LogP contribution is -1.92. The Balaban J connectivity index is 1.83. The number of methoxy groups -OCH3 is 1. The first kappa shape index (κ1) is 11.9. The van der Waals surface area contributed by atoms with Crippen molar-refractivity contribution in [2.45, 2.75) is 11.5 Å². The van der Waals surface area contributed by atoms with Crippen molar-refractivity contribution in [3.8, 4) is 5.75 Å². The van der Waals surface area contributed by atoms with Gasteiger partial charge in [0.05, 0.1) is 12.9 Å². The molecule has 1 heterocycles. The van der Waals surface area contributed by atoms with Crippen LogP contribution < -0.4 is 10.3 Å². The molecule has 5 heteroatoms. The zero-order valence-corrected chi connectivity index (χ0v) is 10.3. The summed E-state index contributed by atoms with van der Waals surface area (Å²) in [6.45, 7) is 0. The fourth-order valence-corrected chi connectivity index (χ4v) is 2.26. The zero-order valence-electron chi connectivity index (χ0n) is 9.43. The molecule has 17 heavy (non-hydrogen) atoms. The molecule has 2 rings (SSSR count). The summed E-state index contributed by atoms with van der Waals surface area (Å²) >= 11 is 1.69. The molecular formula is C12H13NO3S. The molecule has 1 N–H and O–H groups in total. The average molecular weight is 251 g/mol. The maximum atomic E-state index is 10.8. The van der Waals surface area contributed by atoms with Crippen molar-refractivity contribution in [2.24, 2.45) is 0 Å². The minimum Gasteiger partial charge on any atom is -0.497 e. The predicted molar refractivity (Wildman–Crippen MR) is 67.3 cm³/mol. The van der Waals surface area contributed by atoms with Gasteiger partial charge in [0.15, 0.2) is 0 Å². The molecule has 0 saturated carbocycles. The molecule has 0 saturated heterocycles. The first-order chi connectivity index (χ1) is 8.28. The zero-order chi connectivity index (χ0) is 12.1. The van der Waals surface area contributed by atoms with E-state index in [9.17, 15) is 4.79 Å². The third-order valence-corrected chi connectivity index (χ3v) is 3.27. The average Bonchev–Trinajstić information content (AvgIpc) is 2.76. The minimum absolute atomic E-state index is 0.190. The molecular weight excluding hydrogens is 238 g/mol. The maximum Gasteiger partial charge on any atom is 0.280 e. The number of hydrogen-bond acceptors (Lipinski definition) is 4. The van der Waals surface area contributed by atoms with Gasteiger partial charge in [0.2, 0.25) is 0 Å². The number of aromatic amines is 1. The highest BCUT2D eigenvalue weighted by atomic mass is 32.2. The molecule has 0 bridgehead atoms. The van der Waals surface area contributed by atoms with E-state index in [1.54, 1.807) is 18.9 Å². The number of benzene rings is 1. The van der Waals surface area contributed by atoms with Gasteiger partial charge in [-0.25, -0.2) is 0 Å². The molecule has 0 spiro atoms. The summed E-state index contributed by atoms with van der Waals surface area (Å²) in [4.78, 5) is 10.8. The van der Waals surface area contributed by atoms with Crippen LogP contribution in [0.2, 0.25) is 0 Å². The third-order valence-electron chi connectivity index (χ3n) is 2.25. The van der Waals surface area contributed by atoms with Gasteiger partial charge in [-0.05, 0) is 17.7 Å². The molecule has 4 nitrogen and oxygen atoms in total. The minimum atomic E-state index is -0.190. The Labute approximate surface area is 103 Å². The van der Waals surface area contributed by atoms with Crippen LogP contribution in [0.15, 0.2) is 39.6 Å². The van der Waals surface area contributed by atoms with Crippen LogP contribution in [0.4, 0.5) is 0 Å². The van der Waals surface area contributed by atoms with E-state index in [4.69, 9.17) is 9.26 Å². The normalized spacial score (nSPS) is 10.4. The van der Waals surface area contributed by atoms with E-state index in [2.05, 4.69) is 5.16 Å². The largest absolute Gasteiger partial charge is 0.497 e. The second-order valence-electron chi connectivity index (χ2n) is 3.52. The van der Waals surface area contributed by atoms with Crippen molar-refractivity contribution in [1.29, 1.82) is 0 Å². The topological polar surface area (TPSA) is 55.2 Å². The Hall–Kier alpha value is -1.62. The molecule has 0 unspecified atom stereocenters. The van der Waals surface area contributed by atoms with Crippen LogP contribution in [-0.2, 0) is 11.5 Å². The van der Waals surface area contributed by atoms with Crippen LogP contribution >= 0.6 is 11.8 Å². The Morgan fingerprint density at radius 2 is 2.06 bits per heavy atom. The van der Waals surface area contributed by atoms with E-state index in [1.165, 1.54) is 11.6 Å². The molecule has 0 atom stereocenters. The summed E-state index contributed by atoms with van der Waals surface area (Å²) in [5.41, 5.74) is 1.03. The van der Waals surface area contributed by atoms with Crippen LogP contribution in [0.25, 0.3) is 0 Å². The van der Waals surface area contributed by atoms with Crippen LogP contribution in [0.5, 0.6) is 5.75 Å². The summed E-state index contributed by atoms with van der Waals surface area (Å²) in [7, 11) is 1.65. The number of hydrogen-bond donors (Lipinski definition) is 1. The lowest BCUT2D eigenvalue weighted by atomic mass is 10.2. The Morgan fingerprint density at radius 1 is 1.29 bits per heavy atom. The van der Waals surface area contributed by atoms with Crippen molar-refractivity contribution in [3.63, 3.8) is 0 Å². The quantitative estimate of drug-likeness (QED) is 0.886. The Bertz CT molecular complexity index is 515. The predicted octanol–water partition coefficient (Wildman–Crippen LogP) is 2.41. The van der Waals surface area contributed by atoms with Gasteiger partial charge >= 0.3 is 0 Å². The summed E-state index contributed by atoms with van der Waals surface area (Å²) in [5, 5.41) is 2.27. The van der Waals surface area contributed by atoms with E-state index >= 15 is 0 Å². The second kappa shape index (κ2) is 5.63. The molecule has 0 aliphatic carbocycles. The van der Waals surface area contributed by atoms with E-state index in [-0.39, 0.29) is 5.56 Å². The molecule has 1 aromatic carbocycles. The Morgan fingerprint density at radius 3 is 2.65 bits per heavy atom. The van der Waals surface area contributed by atoms with Crippen LogP contribution in [0, 0.1) is 0 Å². The van der Waals surface area contributed by atoms with Crippen LogP contribution in [0.1, 0.15) is 11.3 Å². The first-order valence-corrected chi connectivity index (χ1v) is 6.31. The van der Waals surface area contributed by atoms with Crippen molar-refractivity contribution >= 4 is 11.8 Å².